The third-order valence-electron chi connectivity index (χ3n) is 1.65. The highest BCUT2D eigenvalue weighted by Crippen LogP contribution is 2.14. The van der Waals surface area contributed by atoms with E-state index in [1.807, 2.05) is 0 Å². The van der Waals surface area contributed by atoms with Crippen molar-refractivity contribution in [1.82, 2.24) is 5.32 Å². The normalized spacial score (nSPS) is 12.0. The Morgan fingerprint density at radius 3 is 2.33 bits per heavy atom. The Balaban J connectivity index is 2.99. The van der Waals surface area contributed by atoms with E-state index >= 15 is 0 Å². The lowest BCUT2D eigenvalue weighted by Gasteiger charge is -2.07. The maximum Gasteiger partial charge on any atom is 0.411 e. The maximum absolute atomic E-state index is 11.6. The van der Waals surface area contributed by atoms with Gasteiger partial charge < -0.3 is 10.1 Å². The van der Waals surface area contributed by atoms with Crippen molar-refractivity contribution in [2.75, 3.05) is 31.6 Å². The molecule has 0 radical (unpaired) electrons. The van der Waals surface area contributed by atoms with Crippen LogP contribution < -0.4 is 5.32 Å². The summed E-state index contributed by atoms with van der Waals surface area (Å²) < 4.78 is 39.3. The Hall–Kier alpha value is 0.190. The lowest BCUT2D eigenvalue weighted by Crippen LogP contribution is -2.21. The molecule has 0 rings (SSSR count). The van der Waals surface area contributed by atoms with E-state index in [9.17, 15) is 13.2 Å². The largest absolute Gasteiger partial charge is 0.411 e. The van der Waals surface area contributed by atoms with E-state index in [4.69, 9.17) is 0 Å². The molecule has 0 amide bonds. The molecule has 0 atom stereocenters. The van der Waals surface area contributed by atoms with Gasteiger partial charge in [-0.15, -0.1) is 0 Å². The Morgan fingerprint density at radius 2 is 1.73 bits per heavy atom. The Morgan fingerprint density at radius 1 is 1.07 bits per heavy atom. The highest BCUT2D eigenvalue weighted by Gasteiger charge is 2.26. The second-order valence-corrected chi connectivity index (χ2v) is 3.96. The third-order valence-corrected chi connectivity index (χ3v) is 2.21. The molecule has 1 N–H and O–H groups in total. The van der Waals surface area contributed by atoms with Gasteiger partial charge in [0.25, 0.3) is 0 Å². The molecule has 15 heavy (non-hydrogen) atoms. The molecule has 0 heterocycles. The molecule has 0 unspecified atom stereocenters. The van der Waals surface area contributed by atoms with Crippen LogP contribution in [-0.4, -0.2) is 37.8 Å². The van der Waals surface area contributed by atoms with Crippen molar-refractivity contribution in [1.29, 1.82) is 0 Å². The van der Waals surface area contributed by atoms with E-state index in [0.29, 0.717) is 13.0 Å². The molecule has 0 aromatic rings. The molecule has 0 saturated heterocycles. The van der Waals surface area contributed by atoms with Gasteiger partial charge in [-0.3, -0.25) is 0 Å². The van der Waals surface area contributed by atoms with Crippen LogP contribution in [0.1, 0.15) is 19.3 Å². The highest BCUT2D eigenvalue weighted by molar-refractivity contribution is 9.09. The van der Waals surface area contributed by atoms with Gasteiger partial charge >= 0.3 is 6.18 Å². The zero-order valence-electron chi connectivity index (χ0n) is 8.58. The van der Waals surface area contributed by atoms with Gasteiger partial charge in [0, 0.05) is 11.9 Å². The average Bonchev–Trinajstić information content (AvgIpc) is 2.14. The van der Waals surface area contributed by atoms with Crippen LogP contribution in [0, 0.1) is 0 Å². The van der Waals surface area contributed by atoms with Gasteiger partial charge in [0.1, 0.15) is 6.61 Å². The third kappa shape index (κ3) is 14.2. The van der Waals surface area contributed by atoms with Crippen LogP contribution in [0.5, 0.6) is 0 Å². The number of hydrogen-bond donors (Lipinski definition) is 1. The van der Waals surface area contributed by atoms with E-state index in [-0.39, 0.29) is 6.61 Å². The summed E-state index contributed by atoms with van der Waals surface area (Å²) in [6.07, 6.45) is -1.40. The fraction of sp³-hybridized carbons (Fsp3) is 1.00. The molecule has 0 aromatic heterocycles. The molecule has 0 aromatic carbocycles. The summed E-state index contributed by atoms with van der Waals surface area (Å²) in [5.41, 5.74) is 0. The van der Waals surface area contributed by atoms with Gasteiger partial charge in [0.2, 0.25) is 0 Å². The molecule has 92 valence electrons. The minimum atomic E-state index is -4.21. The molecule has 0 aliphatic heterocycles. The minimum Gasteiger partial charge on any atom is -0.372 e. The van der Waals surface area contributed by atoms with E-state index in [1.54, 1.807) is 0 Å². The second-order valence-electron chi connectivity index (χ2n) is 3.17. The van der Waals surface area contributed by atoms with Crippen LogP contribution in [0.3, 0.4) is 0 Å². The van der Waals surface area contributed by atoms with Crippen molar-refractivity contribution in [2.45, 2.75) is 25.4 Å². The van der Waals surface area contributed by atoms with E-state index in [1.165, 1.54) is 0 Å². The first kappa shape index (κ1) is 15.2. The smallest absolute Gasteiger partial charge is 0.372 e. The van der Waals surface area contributed by atoms with Crippen molar-refractivity contribution in [3.63, 3.8) is 0 Å². The zero-order chi connectivity index (χ0) is 11.6. The molecule has 0 fully saturated rings. The lowest BCUT2D eigenvalue weighted by molar-refractivity contribution is -0.173. The second kappa shape index (κ2) is 9.42. The minimum absolute atomic E-state index is 0.158. The number of halogens is 4. The maximum atomic E-state index is 11.6. The van der Waals surface area contributed by atoms with Crippen molar-refractivity contribution in [3.05, 3.63) is 0 Å². The Kier molecular flexibility index (Phi) is 9.54. The molecule has 0 bridgehead atoms. The first-order chi connectivity index (χ1) is 7.06. The van der Waals surface area contributed by atoms with Gasteiger partial charge in [0.15, 0.2) is 0 Å². The summed E-state index contributed by atoms with van der Waals surface area (Å²) in [5.74, 6) is 0. The van der Waals surface area contributed by atoms with Gasteiger partial charge in [-0.25, -0.2) is 0 Å². The van der Waals surface area contributed by atoms with Crippen LogP contribution in [-0.2, 0) is 4.74 Å². The molecular weight excluding hydrogens is 275 g/mol. The number of unbranched alkanes of at least 4 members (excludes halogenated alkanes) is 1. The predicted molar refractivity (Wildman–Crippen MR) is 57.4 cm³/mol. The standard InChI is InChI=1S/C9H17BrF3NO/c10-4-1-2-5-14-6-3-7-15-8-9(11,12)13/h14H,1-8H2. The first-order valence-electron chi connectivity index (χ1n) is 4.97. The monoisotopic (exact) mass is 291 g/mol. The summed E-state index contributed by atoms with van der Waals surface area (Å²) in [7, 11) is 0. The van der Waals surface area contributed by atoms with Crippen LogP contribution in [0.25, 0.3) is 0 Å². The molecular formula is C9H17BrF3NO. The predicted octanol–water partition coefficient (Wildman–Crippen LogP) is 2.72. The van der Waals surface area contributed by atoms with Gasteiger partial charge in [0.05, 0.1) is 0 Å². The zero-order valence-corrected chi connectivity index (χ0v) is 10.2. The van der Waals surface area contributed by atoms with Crippen LogP contribution >= 0.6 is 15.9 Å². The summed E-state index contributed by atoms with van der Waals surface area (Å²) in [5, 5.41) is 4.13. The lowest BCUT2D eigenvalue weighted by atomic mass is 10.3. The fourth-order valence-corrected chi connectivity index (χ4v) is 1.35. The number of hydrogen-bond acceptors (Lipinski definition) is 2. The number of ether oxygens (including phenoxy) is 1. The van der Waals surface area contributed by atoms with Crippen molar-refractivity contribution >= 4 is 15.9 Å². The van der Waals surface area contributed by atoms with Crippen molar-refractivity contribution in [2.24, 2.45) is 0 Å². The average molecular weight is 292 g/mol. The van der Waals surface area contributed by atoms with E-state index < -0.39 is 12.8 Å². The van der Waals surface area contributed by atoms with Crippen LogP contribution in [0.4, 0.5) is 13.2 Å². The summed E-state index contributed by atoms with van der Waals surface area (Å²) >= 11 is 3.32. The van der Waals surface area contributed by atoms with E-state index in [0.717, 1.165) is 24.7 Å². The van der Waals surface area contributed by atoms with Gasteiger partial charge in [-0.2, -0.15) is 13.2 Å². The Bertz CT molecular complexity index is 144. The Labute approximate surface area is 96.7 Å². The van der Waals surface area contributed by atoms with Gasteiger partial charge in [-0.1, -0.05) is 15.9 Å². The van der Waals surface area contributed by atoms with Crippen molar-refractivity contribution < 1.29 is 17.9 Å². The number of alkyl halides is 4. The molecule has 0 spiro atoms. The first-order valence-corrected chi connectivity index (χ1v) is 6.09. The number of rotatable bonds is 9. The molecule has 6 heteroatoms. The summed E-state index contributed by atoms with van der Waals surface area (Å²) in [6.45, 7) is 0.632. The highest BCUT2D eigenvalue weighted by atomic mass is 79.9. The number of nitrogens with one attached hydrogen (secondary N) is 1. The molecule has 2 nitrogen and oxygen atoms in total. The topological polar surface area (TPSA) is 21.3 Å². The molecule has 0 aliphatic rings. The molecule has 0 saturated carbocycles. The summed E-state index contributed by atoms with van der Waals surface area (Å²) in [4.78, 5) is 0. The van der Waals surface area contributed by atoms with E-state index in [2.05, 4.69) is 26.0 Å². The van der Waals surface area contributed by atoms with Crippen LogP contribution in [0.15, 0.2) is 0 Å². The summed E-state index contributed by atoms with van der Waals surface area (Å²) in [6, 6.07) is 0. The molecule has 0 aliphatic carbocycles. The van der Waals surface area contributed by atoms with Gasteiger partial charge in [-0.05, 0) is 32.4 Å². The SMILES string of the molecule is FC(F)(F)COCCCNCCCCBr. The van der Waals surface area contributed by atoms with Crippen molar-refractivity contribution in [3.8, 4) is 0 Å². The fourth-order valence-electron chi connectivity index (χ4n) is 0.957. The quantitative estimate of drug-likeness (QED) is 0.521. The van der Waals surface area contributed by atoms with Crippen LogP contribution in [0.2, 0.25) is 0 Å².